The number of para-hydroxylation sites is 1. The zero-order chi connectivity index (χ0) is 22.9. The van der Waals surface area contributed by atoms with E-state index in [0.717, 1.165) is 29.8 Å². The van der Waals surface area contributed by atoms with Gasteiger partial charge in [0.25, 0.3) is 11.8 Å². The predicted molar refractivity (Wildman–Crippen MR) is 123 cm³/mol. The van der Waals surface area contributed by atoms with Crippen molar-refractivity contribution in [3.05, 3.63) is 82.9 Å². The van der Waals surface area contributed by atoms with Crippen LogP contribution in [0, 0.1) is 12.7 Å². The molecule has 2 aliphatic rings. The Morgan fingerprint density at radius 1 is 1.00 bits per heavy atom. The number of likely N-dealkylation sites (tertiary alicyclic amines) is 1. The summed E-state index contributed by atoms with van der Waals surface area (Å²) in [6.45, 7) is 3.21. The van der Waals surface area contributed by atoms with Gasteiger partial charge in [-0.1, -0.05) is 18.2 Å². The molecule has 1 aliphatic heterocycles. The number of aryl methyl sites for hydroxylation is 1. The highest BCUT2D eigenvalue weighted by Gasteiger charge is 2.35. The van der Waals surface area contributed by atoms with E-state index in [-0.39, 0.29) is 23.7 Å². The number of rotatable bonds is 5. The van der Waals surface area contributed by atoms with Crippen LogP contribution in [-0.2, 0) is 0 Å². The summed E-state index contributed by atoms with van der Waals surface area (Å²) in [5.41, 5.74) is 4.28. The first-order valence-electron chi connectivity index (χ1n) is 11.5. The fraction of sp³-hybridized carbons (Fsp3) is 0.346. The van der Waals surface area contributed by atoms with Gasteiger partial charge in [0.2, 0.25) is 0 Å². The number of aromatic nitrogens is 2. The third-order valence-corrected chi connectivity index (χ3v) is 6.57. The standard InChI is InChI=1S/C26H27FN4O2/c1-17-4-2-3-5-23(17)31-24(18-6-7-18)22(16-28-31)26(33)30-14-12-21(13-15-30)29-25(32)19-8-10-20(27)11-9-19/h2-5,8-11,16,18,21H,6-7,12-15H2,1H3,(H,29,32). The van der Waals surface area contributed by atoms with Crippen LogP contribution in [0.2, 0.25) is 0 Å². The molecule has 1 saturated heterocycles. The highest BCUT2D eigenvalue weighted by atomic mass is 19.1. The second-order valence-electron chi connectivity index (χ2n) is 8.96. The van der Waals surface area contributed by atoms with Crippen molar-refractivity contribution in [2.45, 2.75) is 44.6 Å². The van der Waals surface area contributed by atoms with Crippen LogP contribution in [0.3, 0.4) is 0 Å². The average Bonchev–Trinajstić information content (AvgIpc) is 3.58. The van der Waals surface area contributed by atoms with Crippen molar-refractivity contribution in [1.82, 2.24) is 20.0 Å². The lowest BCUT2D eigenvalue weighted by atomic mass is 10.0. The summed E-state index contributed by atoms with van der Waals surface area (Å²) < 4.78 is 15.0. The molecule has 170 valence electrons. The van der Waals surface area contributed by atoms with Crippen LogP contribution in [0.15, 0.2) is 54.7 Å². The Hall–Kier alpha value is -3.48. The summed E-state index contributed by atoms with van der Waals surface area (Å²) in [6, 6.07) is 13.6. The Balaban J connectivity index is 1.26. The smallest absolute Gasteiger partial charge is 0.257 e. The van der Waals surface area contributed by atoms with Crippen LogP contribution < -0.4 is 5.32 Å². The SMILES string of the molecule is Cc1ccccc1-n1ncc(C(=O)N2CCC(NC(=O)c3ccc(F)cc3)CC2)c1C1CC1. The van der Waals surface area contributed by atoms with Gasteiger partial charge in [-0.25, -0.2) is 9.07 Å². The fourth-order valence-corrected chi connectivity index (χ4v) is 4.53. The van der Waals surface area contributed by atoms with E-state index in [0.29, 0.717) is 43.0 Å². The van der Waals surface area contributed by atoms with Crippen molar-refractivity contribution in [3.8, 4) is 5.69 Å². The fourth-order valence-electron chi connectivity index (χ4n) is 4.53. The molecular weight excluding hydrogens is 419 g/mol. The second-order valence-corrected chi connectivity index (χ2v) is 8.96. The molecule has 5 rings (SSSR count). The van der Waals surface area contributed by atoms with Gasteiger partial charge in [0, 0.05) is 30.6 Å². The van der Waals surface area contributed by atoms with E-state index in [1.807, 2.05) is 27.8 Å². The molecule has 0 atom stereocenters. The van der Waals surface area contributed by atoms with Gasteiger partial charge in [-0.15, -0.1) is 0 Å². The number of benzene rings is 2. The van der Waals surface area contributed by atoms with E-state index in [9.17, 15) is 14.0 Å². The van der Waals surface area contributed by atoms with Crippen molar-refractivity contribution in [3.63, 3.8) is 0 Å². The lowest BCUT2D eigenvalue weighted by Gasteiger charge is -2.32. The van der Waals surface area contributed by atoms with E-state index in [1.54, 1.807) is 6.20 Å². The molecule has 1 saturated carbocycles. The number of amides is 2. The average molecular weight is 447 g/mol. The van der Waals surface area contributed by atoms with Gasteiger partial charge in [-0.05, 0) is 68.5 Å². The van der Waals surface area contributed by atoms with Crippen molar-refractivity contribution in [1.29, 1.82) is 0 Å². The van der Waals surface area contributed by atoms with Gasteiger partial charge in [0.1, 0.15) is 5.82 Å². The normalized spacial score (nSPS) is 16.6. The molecule has 1 N–H and O–H groups in total. The highest BCUT2D eigenvalue weighted by Crippen LogP contribution is 2.43. The van der Waals surface area contributed by atoms with E-state index in [1.165, 1.54) is 24.3 Å². The summed E-state index contributed by atoms with van der Waals surface area (Å²) >= 11 is 0. The molecule has 0 radical (unpaired) electrons. The van der Waals surface area contributed by atoms with Gasteiger partial charge < -0.3 is 10.2 Å². The number of hydrogen-bond acceptors (Lipinski definition) is 3. The Labute approximate surface area is 192 Å². The summed E-state index contributed by atoms with van der Waals surface area (Å²) in [4.78, 5) is 27.7. The molecule has 1 aliphatic carbocycles. The third-order valence-electron chi connectivity index (χ3n) is 6.57. The van der Waals surface area contributed by atoms with Gasteiger partial charge >= 0.3 is 0 Å². The van der Waals surface area contributed by atoms with E-state index < -0.39 is 0 Å². The first kappa shape index (κ1) is 21.4. The number of nitrogens with zero attached hydrogens (tertiary/aromatic N) is 3. The monoisotopic (exact) mass is 446 g/mol. The van der Waals surface area contributed by atoms with Gasteiger partial charge in [-0.2, -0.15) is 5.10 Å². The third kappa shape index (κ3) is 4.40. The first-order valence-corrected chi connectivity index (χ1v) is 11.5. The molecule has 6 nitrogen and oxygen atoms in total. The highest BCUT2D eigenvalue weighted by molar-refractivity contribution is 5.96. The number of nitrogens with one attached hydrogen (secondary N) is 1. The minimum atomic E-state index is -0.366. The zero-order valence-corrected chi connectivity index (χ0v) is 18.6. The van der Waals surface area contributed by atoms with Gasteiger partial charge in [0.15, 0.2) is 0 Å². The van der Waals surface area contributed by atoms with E-state index in [2.05, 4.69) is 23.4 Å². The molecule has 2 heterocycles. The second kappa shape index (κ2) is 8.81. The van der Waals surface area contributed by atoms with Crippen LogP contribution >= 0.6 is 0 Å². The van der Waals surface area contributed by atoms with Crippen LogP contribution in [0.5, 0.6) is 0 Å². The van der Waals surface area contributed by atoms with Crippen molar-refractivity contribution < 1.29 is 14.0 Å². The van der Waals surface area contributed by atoms with Crippen LogP contribution in [0.4, 0.5) is 4.39 Å². The molecule has 2 aromatic carbocycles. The van der Waals surface area contributed by atoms with E-state index in [4.69, 9.17) is 0 Å². The minimum absolute atomic E-state index is 0.0100. The Morgan fingerprint density at radius 3 is 2.36 bits per heavy atom. The molecule has 33 heavy (non-hydrogen) atoms. The summed E-state index contributed by atoms with van der Waals surface area (Å²) in [7, 11) is 0. The molecule has 1 aromatic heterocycles. The largest absolute Gasteiger partial charge is 0.349 e. The van der Waals surface area contributed by atoms with Crippen LogP contribution in [0.1, 0.15) is 63.6 Å². The topological polar surface area (TPSA) is 67.2 Å². The molecule has 7 heteroatoms. The molecule has 0 spiro atoms. The minimum Gasteiger partial charge on any atom is -0.349 e. The Kier molecular flexibility index (Phi) is 5.70. The maximum atomic E-state index is 13.4. The van der Waals surface area contributed by atoms with Crippen LogP contribution in [-0.4, -0.2) is 45.6 Å². The maximum Gasteiger partial charge on any atom is 0.257 e. The Morgan fingerprint density at radius 2 is 1.70 bits per heavy atom. The summed E-state index contributed by atoms with van der Waals surface area (Å²) in [5, 5.41) is 7.61. The number of carbonyl (C=O) groups is 2. The number of carbonyl (C=O) groups excluding carboxylic acids is 2. The zero-order valence-electron chi connectivity index (χ0n) is 18.6. The summed E-state index contributed by atoms with van der Waals surface area (Å²) in [5.74, 6) is -0.191. The quantitative estimate of drug-likeness (QED) is 0.638. The number of piperidine rings is 1. The Bertz CT molecular complexity index is 1180. The molecule has 0 unspecified atom stereocenters. The molecular formula is C26H27FN4O2. The molecule has 0 bridgehead atoms. The molecule has 3 aromatic rings. The summed E-state index contributed by atoms with van der Waals surface area (Å²) in [6.07, 6.45) is 5.24. The number of hydrogen-bond donors (Lipinski definition) is 1. The predicted octanol–water partition coefficient (Wildman–Crippen LogP) is 4.23. The lowest BCUT2D eigenvalue weighted by Crippen LogP contribution is -2.46. The van der Waals surface area contributed by atoms with Crippen LogP contribution in [0.25, 0.3) is 5.69 Å². The molecule has 2 fully saturated rings. The van der Waals surface area contributed by atoms with E-state index >= 15 is 0 Å². The molecule has 2 amide bonds. The maximum absolute atomic E-state index is 13.4. The first-order chi connectivity index (χ1) is 16.0. The lowest BCUT2D eigenvalue weighted by molar-refractivity contribution is 0.0697. The van der Waals surface area contributed by atoms with Gasteiger partial charge in [0.05, 0.1) is 23.1 Å². The van der Waals surface area contributed by atoms with Crippen molar-refractivity contribution in [2.75, 3.05) is 13.1 Å². The van der Waals surface area contributed by atoms with Crippen molar-refractivity contribution >= 4 is 11.8 Å². The van der Waals surface area contributed by atoms with Gasteiger partial charge in [-0.3, -0.25) is 9.59 Å². The van der Waals surface area contributed by atoms with Crippen molar-refractivity contribution in [2.24, 2.45) is 0 Å². The number of halogens is 1.